The van der Waals surface area contributed by atoms with E-state index in [-0.39, 0.29) is 10.1 Å². The summed E-state index contributed by atoms with van der Waals surface area (Å²) in [6.45, 7) is 1.35. The van der Waals surface area contributed by atoms with Gasteiger partial charge in [0, 0.05) is 11.8 Å². The molecule has 1 atom stereocenters. The Balaban J connectivity index is 2.39. The molecule has 1 heterocycles. The molecule has 7 nitrogen and oxygen atoms in total. The standard InChI is InChI=1S/C13H14N2O5S3/c1-8(16)15-10-7-9(3-4-11(10)20-2)22(17)12-5-6-13(21-12)23(14,18)19/h3-7H,1-2H3,(H,15,16)(H2,14,18,19). The number of nitrogens with one attached hydrogen (secondary N) is 1. The molecule has 2 aromatic rings. The lowest BCUT2D eigenvalue weighted by Gasteiger charge is -2.10. The van der Waals surface area contributed by atoms with Crippen molar-refractivity contribution in [2.75, 3.05) is 12.4 Å². The minimum absolute atomic E-state index is 0.0588. The largest absolute Gasteiger partial charge is 0.495 e. The summed E-state index contributed by atoms with van der Waals surface area (Å²) in [5, 5.41) is 7.64. The van der Waals surface area contributed by atoms with Crippen molar-refractivity contribution in [2.24, 2.45) is 5.14 Å². The van der Waals surface area contributed by atoms with Crippen molar-refractivity contribution in [1.82, 2.24) is 0 Å². The second-order valence-corrected chi connectivity index (χ2v) is 9.01. The molecule has 1 unspecified atom stereocenters. The van der Waals surface area contributed by atoms with Gasteiger partial charge in [-0.2, -0.15) is 0 Å². The number of ether oxygens (including phenoxy) is 1. The molecular weight excluding hydrogens is 360 g/mol. The Kier molecular flexibility index (Phi) is 5.19. The van der Waals surface area contributed by atoms with Gasteiger partial charge < -0.3 is 10.1 Å². The van der Waals surface area contributed by atoms with Crippen LogP contribution >= 0.6 is 11.3 Å². The van der Waals surface area contributed by atoms with Gasteiger partial charge in [0.05, 0.1) is 27.8 Å². The highest BCUT2D eigenvalue weighted by Gasteiger charge is 2.17. The van der Waals surface area contributed by atoms with E-state index in [4.69, 9.17) is 9.88 Å². The molecule has 0 fully saturated rings. The van der Waals surface area contributed by atoms with E-state index in [9.17, 15) is 17.4 Å². The predicted octanol–water partition coefficient (Wildman–Crippen LogP) is 1.53. The van der Waals surface area contributed by atoms with Crippen molar-refractivity contribution in [3.8, 4) is 5.75 Å². The summed E-state index contributed by atoms with van der Waals surface area (Å²) in [6, 6.07) is 7.43. The Morgan fingerprint density at radius 2 is 2.00 bits per heavy atom. The molecule has 1 aromatic carbocycles. The Morgan fingerprint density at radius 1 is 1.30 bits per heavy atom. The van der Waals surface area contributed by atoms with Crippen molar-refractivity contribution >= 4 is 43.8 Å². The van der Waals surface area contributed by atoms with Gasteiger partial charge in [-0.1, -0.05) is 0 Å². The highest BCUT2D eigenvalue weighted by Crippen LogP contribution is 2.31. The molecule has 3 N–H and O–H groups in total. The molecule has 1 aromatic heterocycles. The molecule has 10 heteroatoms. The maximum absolute atomic E-state index is 12.6. The zero-order chi connectivity index (χ0) is 17.2. The number of hydrogen-bond donors (Lipinski definition) is 2. The Morgan fingerprint density at radius 3 is 2.52 bits per heavy atom. The number of benzene rings is 1. The summed E-state index contributed by atoms with van der Waals surface area (Å²) in [5.74, 6) is 0.135. The Hall–Kier alpha value is -1.75. The molecule has 0 saturated heterocycles. The fraction of sp³-hybridized carbons (Fsp3) is 0.154. The number of primary sulfonamides is 1. The molecule has 0 spiro atoms. The molecule has 0 aliphatic rings. The molecular formula is C13H14N2O5S3. The number of sulfonamides is 1. The fourth-order valence-electron chi connectivity index (χ4n) is 1.76. The zero-order valence-electron chi connectivity index (χ0n) is 12.2. The van der Waals surface area contributed by atoms with E-state index < -0.39 is 20.8 Å². The molecule has 0 radical (unpaired) electrons. The maximum Gasteiger partial charge on any atom is 0.247 e. The summed E-state index contributed by atoms with van der Waals surface area (Å²) >= 11 is 0.841. The van der Waals surface area contributed by atoms with Crippen LogP contribution in [0.5, 0.6) is 5.75 Å². The lowest BCUT2D eigenvalue weighted by Crippen LogP contribution is -2.09. The number of methoxy groups -OCH3 is 1. The van der Waals surface area contributed by atoms with Crippen LogP contribution < -0.4 is 15.2 Å². The van der Waals surface area contributed by atoms with Crippen LogP contribution in [0.3, 0.4) is 0 Å². The summed E-state index contributed by atoms with van der Waals surface area (Å²) in [4.78, 5) is 11.6. The quantitative estimate of drug-likeness (QED) is 0.823. The van der Waals surface area contributed by atoms with Gasteiger partial charge in [0.25, 0.3) is 0 Å². The van der Waals surface area contributed by atoms with Crippen molar-refractivity contribution < 1.29 is 22.2 Å². The SMILES string of the molecule is COc1ccc(S(=O)c2ccc(S(N)(=O)=O)s2)cc1NC(C)=O. The number of carbonyl (C=O) groups is 1. The monoisotopic (exact) mass is 374 g/mol. The molecule has 0 saturated carbocycles. The van der Waals surface area contributed by atoms with E-state index >= 15 is 0 Å². The number of rotatable bonds is 5. The second-order valence-electron chi connectivity index (χ2n) is 4.43. The zero-order valence-corrected chi connectivity index (χ0v) is 14.7. The van der Waals surface area contributed by atoms with E-state index in [1.165, 1.54) is 32.2 Å². The van der Waals surface area contributed by atoms with Gasteiger partial charge in [-0.3, -0.25) is 4.79 Å². The summed E-state index contributed by atoms with van der Waals surface area (Å²) in [6.07, 6.45) is 0. The third-order valence-electron chi connectivity index (χ3n) is 2.72. The first kappa shape index (κ1) is 17.6. The van der Waals surface area contributed by atoms with E-state index in [1.54, 1.807) is 12.1 Å². The minimum atomic E-state index is -3.83. The molecule has 1 amide bonds. The second kappa shape index (κ2) is 6.79. The number of amides is 1. The van der Waals surface area contributed by atoms with Crippen LogP contribution in [0.2, 0.25) is 0 Å². The molecule has 2 rings (SSSR count). The highest BCUT2D eigenvalue weighted by molar-refractivity contribution is 7.92. The number of anilines is 1. The third kappa shape index (κ3) is 4.16. The van der Waals surface area contributed by atoms with Crippen molar-refractivity contribution in [1.29, 1.82) is 0 Å². The van der Waals surface area contributed by atoms with Gasteiger partial charge >= 0.3 is 0 Å². The first-order valence-corrected chi connectivity index (χ1v) is 9.73. The van der Waals surface area contributed by atoms with E-state index in [0.717, 1.165) is 11.3 Å². The molecule has 124 valence electrons. The van der Waals surface area contributed by atoms with Gasteiger partial charge in [0.15, 0.2) is 0 Å². The number of nitrogens with two attached hydrogens (primary N) is 1. The van der Waals surface area contributed by atoms with Crippen LogP contribution in [0.25, 0.3) is 0 Å². The number of hydrogen-bond acceptors (Lipinski definition) is 6. The van der Waals surface area contributed by atoms with Crippen LogP contribution in [-0.4, -0.2) is 25.6 Å². The van der Waals surface area contributed by atoms with Gasteiger partial charge in [-0.25, -0.2) is 17.8 Å². The third-order valence-corrected chi connectivity index (χ3v) is 6.92. The summed E-state index contributed by atoms with van der Waals surface area (Å²) in [7, 11) is -3.98. The number of thiophene rings is 1. The average Bonchev–Trinajstić information content (AvgIpc) is 2.95. The van der Waals surface area contributed by atoms with Crippen molar-refractivity contribution in [3.05, 3.63) is 30.3 Å². The predicted molar refractivity (Wildman–Crippen MR) is 87.7 cm³/mol. The Labute approximate surface area is 140 Å². The van der Waals surface area contributed by atoms with Gasteiger partial charge in [0.2, 0.25) is 15.9 Å². The molecule has 0 aliphatic carbocycles. The van der Waals surface area contributed by atoms with Crippen LogP contribution in [0.1, 0.15) is 6.92 Å². The fourth-order valence-corrected chi connectivity index (χ4v) is 5.08. The van der Waals surface area contributed by atoms with E-state index in [1.807, 2.05) is 0 Å². The van der Waals surface area contributed by atoms with Crippen LogP contribution in [0, 0.1) is 0 Å². The normalized spacial score (nSPS) is 12.7. The smallest absolute Gasteiger partial charge is 0.247 e. The topological polar surface area (TPSA) is 116 Å². The lowest BCUT2D eigenvalue weighted by molar-refractivity contribution is -0.114. The first-order chi connectivity index (χ1) is 10.7. The average molecular weight is 374 g/mol. The van der Waals surface area contributed by atoms with Crippen LogP contribution in [-0.2, 0) is 25.6 Å². The summed E-state index contributed by atoms with van der Waals surface area (Å²) in [5.41, 5.74) is 0.383. The Bertz CT molecular complexity index is 873. The lowest BCUT2D eigenvalue weighted by atomic mass is 10.3. The molecule has 0 bridgehead atoms. The van der Waals surface area contributed by atoms with E-state index in [0.29, 0.717) is 20.5 Å². The number of carbonyl (C=O) groups excluding carboxylic acids is 1. The summed E-state index contributed by atoms with van der Waals surface area (Å²) < 4.78 is 40.5. The van der Waals surface area contributed by atoms with Crippen LogP contribution in [0.4, 0.5) is 5.69 Å². The maximum atomic E-state index is 12.6. The molecule has 0 aliphatic heterocycles. The molecule has 23 heavy (non-hydrogen) atoms. The van der Waals surface area contributed by atoms with Crippen molar-refractivity contribution in [3.63, 3.8) is 0 Å². The highest BCUT2D eigenvalue weighted by atomic mass is 32.3. The first-order valence-electron chi connectivity index (χ1n) is 6.22. The van der Waals surface area contributed by atoms with E-state index in [2.05, 4.69) is 5.32 Å². The van der Waals surface area contributed by atoms with Crippen LogP contribution in [0.15, 0.2) is 43.6 Å². The van der Waals surface area contributed by atoms with Gasteiger partial charge in [0.1, 0.15) is 9.96 Å². The van der Waals surface area contributed by atoms with Gasteiger partial charge in [-0.05, 0) is 30.3 Å². The minimum Gasteiger partial charge on any atom is -0.495 e. The van der Waals surface area contributed by atoms with Crippen molar-refractivity contribution in [2.45, 2.75) is 20.2 Å². The van der Waals surface area contributed by atoms with Gasteiger partial charge in [-0.15, -0.1) is 11.3 Å².